The van der Waals surface area contributed by atoms with E-state index in [1.807, 2.05) is 30.3 Å². The molecule has 0 fully saturated rings. The van der Waals surface area contributed by atoms with Crippen molar-refractivity contribution in [3.8, 4) is 5.75 Å². The van der Waals surface area contributed by atoms with E-state index in [0.29, 0.717) is 16.5 Å². The predicted molar refractivity (Wildman–Crippen MR) is 86.7 cm³/mol. The lowest BCUT2D eigenvalue weighted by atomic mass is 10.1. The second-order valence-corrected chi connectivity index (χ2v) is 5.67. The lowest BCUT2D eigenvalue weighted by molar-refractivity contribution is 0.0955. The highest BCUT2D eigenvalue weighted by Gasteiger charge is 2.04. The largest absolute Gasteiger partial charge is 0.507 e. The molecule has 0 radical (unpaired) electrons. The minimum Gasteiger partial charge on any atom is -0.507 e. The summed E-state index contributed by atoms with van der Waals surface area (Å²) < 4.78 is 13.4. The lowest BCUT2D eigenvalue weighted by Crippen LogP contribution is -2.14. The number of aliphatic hydroxyl groups excluding tert-OH is 2. The van der Waals surface area contributed by atoms with E-state index in [4.69, 9.17) is 10.2 Å². The van der Waals surface area contributed by atoms with E-state index in [-0.39, 0.29) is 18.2 Å². The third-order valence-electron chi connectivity index (χ3n) is 3.07. The summed E-state index contributed by atoms with van der Waals surface area (Å²) in [5.74, 6) is -0.129. The fourth-order valence-electron chi connectivity index (χ4n) is 1.96. The number of hydrogen-bond donors (Lipinski definition) is 3. The number of fused-ring (bicyclic) bond motifs is 1. The lowest BCUT2D eigenvalue weighted by Gasteiger charge is -2.05. The summed E-state index contributed by atoms with van der Waals surface area (Å²) >= 11 is 1.29. The molecule has 0 amide bonds. The Morgan fingerprint density at radius 3 is 2.41 bits per heavy atom. The van der Waals surface area contributed by atoms with Crippen molar-refractivity contribution in [2.75, 3.05) is 6.61 Å². The van der Waals surface area contributed by atoms with E-state index in [1.165, 1.54) is 23.5 Å². The standard InChI is InChI=1S/C9H12O2.C8H5FOS/c10-7-9(11)6-8-4-2-1-3-5-8;9-6-1-2-7(10)5-3-4-11-8(5)6/h1-5,9-11H,6-7H2;1-4,10H. The van der Waals surface area contributed by atoms with Crippen LogP contribution >= 0.6 is 11.3 Å². The Balaban J connectivity index is 0.000000160. The van der Waals surface area contributed by atoms with Crippen molar-refractivity contribution >= 4 is 21.4 Å². The molecule has 3 aromatic rings. The second kappa shape index (κ2) is 7.89. The Hall–Kier alpha value is -1.95. The zero-order chi connectivity index (χ0) is 15.9. The second-order valence-electron chi connectivity index (χ2n) is 4.76. The quantitative estimate of drug-likeness (QED) is 0.694. The zero-order valence-corrected chi connectivity index (χ0v) is 12.6. The number of hydrogen-bond acceptors (Lipinski definition) is 4. The molecule has 0 aliphatic rings. The molecule has 0 bridgehead atoms. The summed E-state index contributed by atoms with van der Waals surface area (Å²) in [6.07, 6.45) is -0.102. The predicted octanol–water partition coefficient (Wildman–Crippen LogP) is 3.33. The van der Waals surface area contributed by atoms with Gasteiger partial charge in [-0.25, -0.2) is 4.39 Å². The van der Waals surface area contributed by atoms with Crippen LogP contribution < -0.4 is 0 Å². The van der Waals surface area contributed by atoms with E-state index in [1.54, 1.807) is 11.4 Å². The monoisotopic (exact) mass is 320 g/mol. The molecule has 0 aliphatic heterocycles. The van der Waals surface area contributed by atoms with Crippen LogP contribution in [0.4, 0.5) is 4.39 Å². The normalized spacial score (nSPS) is 11.8. The van der Waals surface area contributed by atoms with Crippen LogP contribution in [0, 0.1) is 5.82 Å². The van der Waals surface area contributed by atoms with E-state index in [0.717, 1.165) is 5.56 Å². The molecule has 0 aliphatic carbocycles. The molecule has 3 N–H and O–H groups in total. The van der Waals surface area contributed by atoms with Gasteiger partial charge in [0, 0.05) is 11.8 Å². The highest BCUT2D eigenvalue weighted by atomic mass is 32.1. The van der Waals surface area contributed by atoms with Crippen LogP contribution in [0.5, 0.6) is 5.75 Å². The molecular weight excluding hydrogens is 303 g/mol. The molecule has 0 spiro atoms. The topological polar surface area (TPSA) is 60.7 Å². The first-order valence-corrected chi connectivity index (χ1v) is 7.67. The molecule has 3 nitrogen and oxygen atoms in total. The Bertz CT molecular complexity index is 676. The maximum absolute atomic E-state index is 12.9. The molecule has 0 saturated heterocycles. The molecule has 0 saturated carbocycles. The van der Waals surface area contributed by atoms with Crippen molar-refractivity contribution in [3.63, 3.8) is 0 Å². The summed E-state index contributed by atoms with van der Waals surface area (Å²) in [6, 6.07) is 14.0. The molecular formula is C17H17FO3S. The van der Waals surface area contributed by atoms with Gasteiger partial charge in [-0.3, -0.25) is 0 Å². The van der Waals surface area contributed by atoms with Crippen LogP contribution in [0.25, 0.3) is 10.1 Å². The molecule has 1 heterocycles. The van der Waals surface area contributed by atoms with Crippen molar-refractivity contribution in [1.82, 2.24) is 0 Å². The minimum absolute atomic E-state index is 0.141. The first-order valence-electron chi connectivity index (χ1n) is 6.79. The van der Waals surface area contributed by atoms with Crippen molar-refractivity contribution in [3.05, 3.63) is 65.3 Å². The number of halogens is 1. The molecule has 1 aromatic heterocycles. The van der Waals surface area contributed by atoms with Crippen molar-refractivity contribution in [2.24, 2.45) is 0 Å². The van der Waals surface area contributed by atoms with Gasteiger partial charge >= 0.3 is 0 Å². The van der Waals surface area contributed by atoms with Crippen LogP contribution in [0.2, 0.25) is 0 Å². The highest BCUT2D eigenvalue weighted by Crippen LogP contribution is 2.30. The van der Waals surface area contributed by atoms with Crippen LogP contribution in [0.1, 0.15) is 5.56 Å². The fourth-order valence-corrected chi connectivity index (χ4v) is 2.78. The first kappa shape index (κ1) is 16.4. The average Bonchev–Trinajstić information content (AvgIpc) is 3.03. The van der Waals surface area contributed by atoms with Crippen LogP contribution in [0.3, 0.4) is 0 Å². The smallest absolute Gasteiger partial charge is 0.141 e. The molecule has 116 valence electrons. The SMILES string of the molecule is OCC(O)Cc1ccccc1.Oc1ccc(F)c2sccc12. The van der Waals surface area contributed by atoms with Crippen LogP contribution in [-0.2, 0) is 6.42 Å². The van der Waals surface area contributed by atoms with Crippen molar-refractivity contribution in [1.29, 1.82) is 0 Å². The number of aromatic hydroxyl groups is 1. The van der Waals surface area contributed by atoms with Gasteiger partial charge in [-0.05, 0) is 29.1 Å². The number of rotatable bonds is 3. The van der Waals surface area contributed by atoms with E-state index >= 15 is 0 Å². The molecule has 2 aromatic carbocycles. The van der Waals surface area contributed by atoms with Gasteiger partial charge in [0.05, 0.1) is 17.4 Å². The zero-order valence-electron chi connectivity index (χ0n) is 11.8. The van der Waals surface area contributed by atoms with Gasteiger partial charge in [0.15, 0.2) is 0 Å². The summed E-state index contributed by atoms with van der Waals surface area (Å²) in [7, 11) is 0. The van der Waals surface area contributed by atoms with Crippen LogP contribution in [0.15, 0.2) is 53.9 Å². The third kappa shape index (κ3) is 4.27. The van der Waals surface area contributed by atoms with E-state index < -0.39 is 6.10 Å². The van der Waals surface area contributed by atoms with Crippen LogP contribution in [-0.4, -0.2) is 28.0 Å². The molecule has 22 heavy (non-hydrogen) atoms. The molecule has 1 atom stereocenters. The summed E-state index contributed by atoms with van der Waals surface area (Å²) in [5.41, 5.74) is 1.05. The number of thiophene rings is 1. The average molecular weight is 320 g/mol. The maximum Gasteiger partial charge on any atom is 0.141 e. The van der Waals surface area contributed by atoms with E-state index in [9.17, 15) is 9.50 Å². The number of aliphatic hydroxyl groups is 2. The summed E-state index contributed by atoms with van der Waals surface area (Å²) in [6.45, 7) is -0.172. The van der Waals surface area contributed by atoms with Gasteiger partial charge in [0.2, 0.25) is 0 Å². The van der Waals surface area contributed by atoms with Gasteiger partial charge in [0.1, 0.15) is 11.6 Å². The van der Waals surface area contributed by atoms with Crippen molar-refractivity contribution in [2.45, 2.75) is 12.5 Å². The Kier molecular flexibility index (Phi) is 5.89. The molecule has 1 unspecified atom stereocenters. The molecule has 3 rings (SSSR count). The van der Waals surface area contributed by atoms with Gasteiger partial charge < -0.3 is 15.3 Å². The first-order chi connectivity index (χ1) is 10.6. The number of phenolic OH excluding ortho intramolecular Hbond substituents is 1. The summed E-state index contributed by atoms with van der Waals surface area (Å²) in [4.78, 5) is 0. The highest BCUT2D eigenvalue weighted by molar-refractivity contribution is 7.17. The van der Waals surface area contributed by atoms with Gasteiger partial charge in [-0.15, -0.1) is 11.3 Å². The number of benzene rings is 2. The maximum atomic E-state index is 12.9. The van der Waals surface area contributed by atoms with E-state index in [2.05, 4.69) is 0 Å². The Morgan fingerprint density at radius 2 is 1.77 bits per heavy atom. The molecule has 5 heteroatoms. The third-order valence-corrected chi connectivity index (χ3v) is 3.99. The minimum atomic E-state index is -0.627. The Morgan fingerprint density at radius 1 is 1.05 bits per heavy atom. The Labute approximate surface area is 131 Å². The van der Waals surface area contributed by atoms with Crippen molar-refractivity contribution < 1.29 is 19.7 Å². The summed E-state index contributed by atoms with van der Waals surface area (Å²) in [5, 5.41) is 29.2. The van der Waals surface area contributed by atoms with Gasteiger partial charge in [-0.1, -0.05) is 30.3 Å². The fraction of sp³-hybridized carbons (Fsp3) is 0.176. The van der Waals surface area contributed by atoms with Gasteiger partial charge in [-0.2, -0.15) is 0 Å². The van der Waals surface area contributed by atoms with Gasteiger partial charge in [0.25, 0.3) is 0 Å². The number of phenols is 1.